The third-order valence-corrected chi connectivity index (χ3v) is 5.97. The average molecular weight is 442 g/mol. The molecule has 7 nitrogen and oxygen atoms in total. The Hall–Kier alpha value is -4.13. The molecular formula is C26H22N2O5. The number of carbonyl (C=O) groups is 2. The van der Waals surface area contributed by atoms with Gasteiger partial charge in [0.1, 0.15) is 23.4 Å². The first-order valence-corrected chi connectivity index (χ1v) is 10.7. The van der Waals surface area contributed by atoms with Gasteiger partial charge in [0.2, 0.25) is 0 Å². The SMILES string of the molecule is C[C@@H]1Cc2cc(/C(O)=C3\C(=O)C(=O)N(Cc4cccnc4)[C@H]3c3cccc(O)c3)ccc2O1. The summed E-state index contributed by atoms with van der Waals surface area (Å²) in [6.45, 7) is 2.09. The minimum absolute atomic E-state index is 0.00290. The van der Waals surface area contributed by atoms with E-state index in [1.165, 1.54) is 17.0 Å². The summed E-state index contributed by atoms with van der Waals surface area (Å²) in [4.78, 5) is 31.7. The monoisotopic (exact) mass is 442 g/mol. The second-order valence-corrected chi connectivity index (χ2v) is 8.34. The maximum Gasteiger partial charge on any atom is 0.295 e. The highest BCUT2D eigenvalue weighted by Gasteiger charge is 2.46. The van der Waals surface area contributed by atoms with E-state index < -0.39 is 17.7 Å². The second kappa shape index (κ2) is 8.09. The number of benzene rings is 2. The Kier molecular flexibility index (Phi) is 5.09. The van der Waals surface area contributed by atoms with Crippen LogP contribution in [-0.2, 0) is 22.6 Å². The average Bonchev–Trinajstić information content (AvgIpc) is 3.30. The number of aliphatic hydroxyl groups excluding tert-OH is 1. The quantitative estimate of drug-likeness (QED) is 0.363. The van der Waals surface area contributed by atoms with E-state index in [-0.39, 0.29) is 29.7 Å². The smallest absolute Gasteiger partial charge is 0.295 e. The van der Waals surface area contributed by atoms with Crippen LogP contribution in [0.2, 0.25) is 0 Å². The van der Waals surface area contributed by atoms with Crippen LogP contribution in [0.15, 0.2) is 72.6 Å². The van der Waals surface area contributed by atoms with Gasteiger partial charge in [-0.3, -0.25) is 14.6 Å². The molecule has 1 saturated heterocycles. The first-order chi connectivity index (χ1) is 15.9. The molecule has 0 spiro atoms. The minimum Gasteiger partial charge on any atom is -0.508 e. The number of carbonyl (C=O) groups excluding carboxylic acids is 2. The van der Waals surface area contributed by atoms with E-state index in [1.807, 2.05) is 13.0 Å². The predicted octanol–water partition coefficient (Wildman–Crippen LogP) is 3.73. The maximum atomic E-state index is 13.2. The van der Waals surface area contributed by atoms with E-state index in [4.69, 9.17) is 4.74 Å². The molecule has 7 heteroatoms. The molecule has 1 aromatic heterocycles. The van der Waals surface area contributed by atoms with Gasteiger partial charge in [-0.25, -0.2) is 0 Å². The van der Waals surface area contributed by atoms with Gasteiger partial charge in [0.25, 0.3) is 11.7 Å². The van der Waals surface area contributed by atoms with Gasteiger partial charge in [-0.1, -0.05) is 18.2 Å². The maximum absolute atomic E-state index is 13.2. The number of rotatable bonds is 4. The number of fused-ring (bicyclic) bond motifs is 1. The molecule has 33 heavy (non-hydrogen) atoms. The normalized spacial score (nSPS) is 21.2. The first-order valence-electron chi connectivity index (χ1n) is 10.7. The number of likely N-dealkylation sites (tertiary alicyclic amines) is 1. The van der Waals surface area contributed by atoms with Crippen molar-refractivity contribution in [2.24, 2.45) is 0 Å². The number of ketones is 1. The Morgan fingerprint density at radius 3 is 2.76 bits per heavy atom. The number of nitrogens with zero attached hydrogens (tertiary/aromatic N) is 2. The van der Waals surface area contributed by atoms with Crippen molar-refractivity contribution >= 4 is 17.4 Å². The van der Waals surface area contributed by atoms with Crippen molar-refractivity contribution in [1.82, 2.24) is 9.88 Å². The Morgan fingerprint density at radius 2 is 2.00 bits per heavy atom. The highest BCUT2D eigenvalue weighted by Crippen LogP contribution is 2.41. The van der Waals surface area contributed by atoms with Gasteiger partial charge in [-0.05, 0) is 60.0 Å². The number of pyridine rings is 1. The van der Waals surface area contributed by atoms with E-state index in [2.05, 4.69) is 4.98 Å². The summed E-state index contributed by atoms with van der Waals surface area (Å²) in [5.74, 6) is -0.983. The van der Waals surface area contributed by atoms with Crippen molar-refractivity contribution in [1.29, 1.82) is 0 Å². The molecule has 2 N–H and O–H groups in total. The fourth-order valence-corrected chi connectivity index (χ4v) is 4.50. The molecule has 0 saturated carbocycles. The van der Waals surface area contributed by atoms with Crippen LogP contribution in [0.1, 0.15) is 35.2 Å². The molecule has 166 valence electrons. The van der Waals surface area contributed by atoms with Gasteiger partial charge in [0.15, 0.2) is 0 Å². The zero-order chi connectivity index (χ0) is 23.1. The minimum atomic E-state index is -0.860. The molecule has 1 amide bonds. The van der Waals surface area contributed by atoms with Gasteiger partial charge in [-0.15, -0.1) is 0 Å². The number of aliphatic hydroxyl groups is 1. The van der Waals surface area contributed by atoms with Crippen molar-refractivity contribution in [2.45, 2.75) is 32.0 Å². The van der Waals surface area contributed by atoms with Crippen molar-refractivity contribution in [2.75, 3.05) is 0 Å². The standard InChI is InChI=1S/C26H22N2O5/c1-15-10-19-11-18(7-8-21(19)33-15)24(30)22-23(17-5-2-6-20(29)12-17)28(26(32)25(22)31)14-16-4-3-9-27-13-16/h2-9,11-13,15,23,29-30H,10,14H2,1H3/b24-22+/t15-,23+/m1/s1. The van der Waals surface area contributed by atoms with Crippen LogP contribution in [0.4, 0.5) is 0 Å². The summed E-state index contributed by atoms with van der Waals surface area (Å²) >= 11 is 0. The summed E-state index contributed by atoms with van der Waals surface area (Å²) in [7, 11) is 0. The molecular weight excluding hydrogens is 420 g/mol. The summed E-state index contributed by atoms with van der Waals surface area (Å²) in [6, 6.07) is 14.3. The molecule has 0 unspecified atom stereocenters. The Morgan fingerprint density at radius 1 is 1.15 bits per heavy atom. The van der Waals surface area contributed by atoms with E-state index in [0.29, 0.717) is 17.5 Å². The lowest BCUT2D eigenvalue weighted by Crippen LogP contribution is -2.29. The van der Waals surface area contributed by atoms with E-state index in [9.17, 15) is 19.8 Å². The molecule has 0 radical (unpaired) electrons. The van der Waals surface area contributed by atoms with Gasteiger partial charge >= 0.3 is 0 Å². The van der Waals surface area contributed by atoms with Crippen molar-refractivity contribution in [3.8, 4) is 11.5 Å². The predicted molar refractivity (Wildman–Crippen MR) is 120 cm³/mol. The van der Waals surface area contributed by atoms with E-state index in [0.717, 1.165) is 16.9 Å². The number of aromatic nitrogens is 1. The topological polar surface area (TPSA) is 100.0 Å². The molecule has 5 rings (SSSR count). The molecule has 3 heterocycles. The number of ether oxygens (including phenoxy) is 1. The van der Waals surface area contributed by atoms with Gasteiger partial charge < -0.3 is 19.8 Å². The second-order valence-electron chi connectivity index (χ2n) is 8.34. The lowest BCUT2D eigenvalue weighted by atomic mass is 9.94. The van der Waals surface area contributed by atoms with Crippen LogP contribution >= 0.6 is 0 Å². The van der Waals surface area contributed by atoms with Gasteiger partial charge in [0.05, 0.1) is 11.6 Å². The number of aromatic hydroxyl groups is 1. The van der Waals surface area contributed by atoms with Crippen LogP contribution in [0.25, 0.3) is 5.76 Å². The fraction of sp³-hybridized carbons (Fsp3) is 0.192. The first kappa shape index (κ1) is 20.8. The Bertz CT molecular complexity index is 1280. The number of hydrogen-bond donors (Lipinski definition) is 2. The van der Waals surface area contributed by atoms with Gasteiger partial charge in [-0.2, -0.15) is 0 Å². The van der Waals surface area contributed by atoms with Crippen LogP contribution in [-0.4, -0.2) is 37.9 Å². The highest BCUT2D eigenvalue weighted by atomic mass is 16.5. The summed E-state index contributed by atoms with van der Waals surface area (Å²) in [5.41, 5.74) is 2.63. The summed E-state index contributed by atoms with van der Waals surface area (Å²) in [6.07, 6.45) is 3.99. The van der Waals surface area contributed by atoms with Crippen molar-refractivity contribution in [3.05, 3.63) is 94.8 Å². The van der Waals surface area contributed by atoms with Crippen LogP contribution in [0.5, 0.6) is 11.5 Å². The van der Waals surface area contributed by atoms with Crippen molar-refractivity contribution < 1.29 is 24.5 Å². The Labute approximate surface area is 190 Å². The van der Waals surface area contributed by atoms with E-state index in [1.54, 1.807) is 48.8 Å². The zero-order valence-electron chi connectivity index (χ0n) is 17.9. The van der Waals surface area contributed by atoms with E-state index >= 15 is 0 Å². The number of hydrogen-bond acceptors (Lipinski definition) is 6. The zero-order valence-corrected chi connectivity index (χ0v) is 17.9. The third kappa shape index (κ3) is 3.71. The molecule has 2 aromatic carbocycles. The fourth-order valence-electron chi connectivity index (χ4n) is 4.50. The molecule has 2 aliphatic rings. The molecule has 0 bridgehead atoms. The van der Waals surface area contributed by atoms with Crippen LogP contribution < -0.4 is 4.74 Å². The highest BCUT2D eigenvalue weighted by molar-refractivity contribution is 6.46. The number of Topliss-reactive ketones (excluding diaryl/α,β-unsaturated/α-hetero) is 1. The molecule has 2 aliphatic heterocycles. The lowest BCUT2D eigenvalue weighted by molar-refractivity contribution is -0.140. The number of phenolic OH excluding ortho intramolecular Hbond substituents is 1. The molecule has 0 aliphatic carbocycles. The lowest BCUT2D eigenvalue weighted by Gasteiger charge is -2.25. The summed E-state index contributed by atoms with van der Waals surface area (Å²) in [5, 5.41) is 21.3. The van der Waals surface area contributed by atoms with Crippen LogP contribution in [0, 0.1) is 0 Å². The summed E-state index contributed by atoms with van der Waals surface area (Å²) < 4.78 is 5.73. The van der Waals surface area contributed by atoms with Crippen molar-refractivity contribution in [3.63, 3.8) is 0 Å². The molecule has 3 aromatic rings. The molecule has 2 atom stereocenters. The largest absolute Gasteiger partial charge is 0.508 e. The van der Waals surface area contributed by atoms with Gasteiger partial charge in [0, 0.05) is 30.9 Å². The molecule has 1 fully saturated rings. The Balaban J connectivity index is 1.64. The number of phenols is 1. The number of amides is 1. The van der Waals surface area contributed by atoms with Crippen LogP contribution in [0.3, 0.4) is 0 Å². The third-order valence-electron chi connectivity index (χ3n) is 5.97.